The summed E-state index contributed by atoms with van der Waals surface area (Å²) >= 11 is 0. The minimum atomic E-state index is -0.283. The number of likely N-dealkylation sites (tertiary alicyclic amines) is 1. The number of carbonyl (C=O) groups is 2. The highest BCUT2D eigenvalue weighted by Crippen LogP contribution is 2.30. The molecule has 1 aromatic carbocycles. The molecule has 0 bridgehead atoms. The Kier molecular flexibility index (Phi) is 5.97. The molecule has 2 aromatic rings. The van der Waals surface area contributed by atoms with E-state index in [9.17, 15) is 9.59 Å². The first-order valence-electron chi connectivity index (χ1n) is 9.01. The summed E-state index contributed by atoms with van der Waals surface area (Å²) in [6.45, 7) is 3.10. The number of carbonyl (C=O) groups excluding carboxylic acids is 2. The summed E-state index contributed by atoms with van der Waals surface area (Å²) in [7, 11) is 1.53. The lowest BCUT2D eigenvalue weighted by atomic mass is 10.1. The van der Waals surface area contributed by atoms with Crippen LogP contribution in [0.1, 0.15) is 35.9 Å². The molecular formula is C18H24N6O4. The zero-order valence-electron chi connectivity index (χ0n) is 15.9. The zero-order chi connectivity index (χ0) is 20.1. The predicted molar refractivity (Wildman–Crippen MR) is 101 cm³/mol. The van der Waals surface area contributed by atoms with E-state index in [1.165, 1.54) is 7.11 Å². The second kappa shape index (κ2) is 8.59. The Morgan fingerprint density at radius 3 is 2.68 bits per heavy atom. The van der Waals surface area contributed by atoms with E-state index in [4.69, 9.17) is 15.2 Å². The van der Waals surface area contributed by atoms with Gasteiger partial charge in [-0.25, -0.2) is 0 Å². The van der Waals surface area contributed by atoms with E-state index in [1.54, 1.807) is 25.1 Å². The highest BCUT2D eigenvalue weighted by molar-refractivity contribution is 5.94. The summed E-state index contributed by atoms with van der Waals surface area (Å²) in [4.78, 5) is 29.5. The standard InChI is InChI=1S/C18H24N6O4/c1-11(25)24-7-5-13(6-8-24)28-14-4-3-12(9-15(14)27-2)17(26)20-10-16-21-18(19)23-22-16/h3-4,9,13H,5-8,10H2,1-2H3,(H,20,26)(H3,19,21,22,23). The van der Waals surface area contributed by atoms with Crippen molar-refractivity contribution in [2.75, 3.05) is 25.9 Å². The van der Waals surface area contributed by atoms with Gasteiger partial charge in [0.1, 0.15) is 11.9 Å². The van der Waals surface area contributed by atoms with Crippen LogP contribution >= 0.6 is 0 Å². The Bertz CT molecular complexity index is 844. The smallest absolute Gasteiger partial charge is 0.251 e. The van der Waals surface area contributed by atoms with Crippen molar-refractivity contribution >= 4 is 17.8 Å². The molecular weight excluding hydrogens is 364 g/mol. The monoisotopic (exact) mass is 388 g/mol. The molecule has 10 nitrogen and oxygen atoms in total. The summed E-state index contributed by atoms with van der Waals surface area (Å²) < 4.78 is 11.4. The maximum absolute atomic E-state index is 12.4. The van der Waals surface area contributed by atoms with E-state index >= 15 is 0 Å². The summed E-state index contributed by atoms with van der Waals surface area (Å²) in [5, 5.41) is 9.07. The van der Waals surface area contributed by atoms with Gasteiger partial charge in [0.15, 0.2) is 11.5 Å². The zero-order valence-corrected chi connectivity index (χ0v) is 15.9. The van der Waals surface area contributed by atoms with E-state index < -0.39 is 0 Å². The number of nitrogens with two attached hydrogens (primary N) is 1. The van der Waals surface area contributed by atoms with E-state index in [2.05, 4.69) is 20.5 Å². The van der Waals surface area contributed by atoms with E-state index in [1.807, 2.05) is 4.90 Å². The van der Waals surface area contributed by atoms with Crippen molar-refractivity contribution in [2.24, 2.45) is 0 Å². The number of nitrogens with zero attached hydrogens (tertiary/aromatic N) is 3. The van der Waals surface area contributed by atoms with Crippen LogP contribution in [0.5, 0.6) is 11.5 Å². The molecule has 150 valence electrons. The maximum atomic E-state index is 12.4. The summed E-state index contributed by atoms with van der Waals surface area (Å²) in [5.41, 5.74) is 5.87. The number of rotatable bonds is 6. The van der Waals surface area contributed by atoms with Crippen molar-refractivity contribution in [3.63, 3.8) is 0 Å². The topological polar surface area (TPSA) is 135 Å². The van der Waals surface area contributed by atoms with Crippen molar-refractivity contribution in [1.82, 2.24) is 25.4 Å². The van der Waals surface area contributed by atoms with Crippen LogP contribution in [0.3, 0.4) is 0 Å². The molecule has 3 rings (SSSR count). The number of aromatic nitrogens is 3. The molecule has 2 heterocycles. The summed E-state index contributed by atoms with van der Waals surface area (Å²) in [6, 6.07) is 5.02. The maximum Gasteiger partial charge on any atom is 0.251 e. The number of H-pyrrole nitrogens is 1. The number of aromatic amines is 1. The average molecular weight is 388 g/mol. The van der Waals surface area contributed by atoms with Gasteiger partial charge in [-0.2, -0.15) is 4.98 Å². The summed E-state index contributed by atoms with van der Waals surface area (Å²) in [6.07, 6.45) is 1.51. The number of amides is 2. The van der Waals surface area contributed by atoms with Crippen molar-refractivity contribution in [2.45, 2.75) is 32.4 Å². The summed E-state index contributed by atoms with van der Waals surface area (Å²) in [5.74, 6) is 1.44. The molecule has 4 N–H and O–H groups in total. The van der Waals surface area contributed by atoms with Gasteiger partial charge in [0, 0.05) is 38.4 Å². The molecule has 10 heteroatoms. The van der Waals surface area contributed by atoms with Gasteiger partial charge in [-0.1, -0.05) is 0 Å². The molecule has 0 saturated carbocycles. The highest BCUT2D eigenvalue weighted by Gasteiger charge is 2.23. The molecule has 1 saturated heterocycles. The van der Waals surface area contributed by atoms with Gasteiger partial charge in [-0.3, -0.25) is 14.7 Å². The normalized spacial score (nSPS) is 14.6. The second-order valence-electron chi connectivity index (χ2n) is 6.51. The van der Waals surface area contributed by atoms with Crippen LogP contribution in [0.15, 0.2) is 18.2 Å². The third-order valence-electron chi connectivity index (χ3n) is 4.57. The van der Waals surface area contributed by atoms with Crippen molar-refractivity contribution < 1.29 is 19.1 Å². The van der Waals surface area contributed by atoms with Crippen LogP contribution in [0.25, 0.3) is 0 Å². The number of nitrogen functional groups attached to an aromatic ring is 1. The molecule has 0 aliphatic carbocycles. The van der Waals surface area contributed by atoms with Gasteiger partial charge in [0.2, 0.25) is 11.9 Å². The molecule has 0 atom stereocenters. The number of piperidine rings is 1. The Hall–Kier alpha value is -3.30. The Balaban J connectivity index is 1.60. The second-order valence-corrected chi connectivity index (χ2v) is 6.51. The van der Waals surface area contributed by atoms with E-state index in [0.29, 0.717) is 36.0 Å². The van der Waals surface area contributed by atoms with Crippen LogP contribution in [0.4, 0.5) is 5.95 Å². The van der Waals surface area contributed by atoms with Crippen LogP contribution in [-0.4, -0.2) is 58.2 Å². The Morgan fingerprint density at radius 1 is 1.32 bits per heavy atom. The Morgan fingerprint density at radius 2 is 2.07 bits per heavy atom. The minimum Gasteiger partial charge on any atom is -0.493 e. The number of ether oxygens (including phenoxy) is 2. The largest absolute Gasteiger partial charge is 0.493 e. The van der Waals surface area contributed by atoms with Gasteiger partial charge >= 0.3 is 0 Å². The van der Waals surface area contributed by atoms with Crippen LogP contribution in [0.2, 0.25) is 0 Å². The molecule has 0 spiro atoms. The molecule has 1 aliphatic heterocycles. The predicted octanol–water partition coefficient (Wildman–Crippen LogP) is 0.715. The molecule has 1 fully saturated rings. The molecule has 28 heavy (non-hydrogen) atoms. The average Bonchev–Trinajstić information content (AvgIpc) is 3.12. The lowest BCUT2D eigenvalue weighted by Gasteiger charge is -2.31. The van der Waals surface area contributed by atoms with E-state index in [-0.39, 0.29) is 30.4 Å². The van der Waals surface area contributed by atoms with Crippen LogP contribution in [-0.2, 0) is 11.3 Å². The number of methoxy groups -OCH3 is 1. The Labute approximate surface area is 162 Å². The fraction of sp³-hybridized carbons (Fsp3) is 0.444. The number of nitrogens with one attached hydrogen (secondary N) is 2. The first kappa shape index (κ1) is 19.5. The molecule has 2 amide bonds. The van der Waals surface area contributed by atoms with E-state index in [0.717, 1.165) is 12.8 Å². The van der Waals surface area contributed by atoms with Gasteiger partial charge in [0.25, 0.3) is 5.91 Å². The quantitative estimate of drug-likeness (QED) is 0.663. The number of anilines is 1. The van der Waals surface area contributed by atoms with Crippen LogP contribution in [0, 0.1) is 0 Å². The minimum absolute atomic E-state index is 0.00101. The van der Waals surface area contributed by atoms with Gasteiger partial charge in [-0.15, -0.1) is 5.10 Å². The molecule has 0 unspecified atom stereocenters. The fourth-order valence-electron chi connectivity index (χ4n) is 3.03. The third kappa shape index (κ3) is 4.70. The first-order valence-corrected chi connectivity index (χ1v) is 9.01. The highest BCUT2D eigenvalue weighted by atomic mass is 16.5. The van der Waals surface area contributed by atoms with Crippen molar-refractivity contribution in [1.29, 1.82) is 0 Å². The molecule has 0 radical (unpaired) electrons. The lowest BCUT2D eigenvalue weighted by Crippen LogP contribution is -2.40. The number of hydrogen-bond donors (Lipinski definition) is 3. The van der Waals surface area contributed by atoms with Crippen LogP contribution < -0.4 is 20.5 Å². The van der Waals surface area contributed by atoms with Crippen molar-refractivity contribution in [3.05, 3.63) is 29.6 Å². The number of benzene rings is 1. The molecule has 1 aromatic heterocycles. The first-order chi connectivity index (χ1) is 13.5. The SMILES string of the molecule is COc1cc(C(=O)NCc2nc(N)n[nH]2)ccc1OC1CCN(C(C)=O)CC1. The molecule has 1 aliphatic rings. The number of hydrogen-bond acceptors (Lipinski definition) is 7. The van der Waals surface area contributed by atoms with Gasteiger partial charge in [0.05, 0.1) is 13.7 Å². The van der Waals surface area contributed by atoms with Gasteiger partial charge < -0.3 is 25.4 Å². The van der Waals surface area contributed by atoms with Crippen molar-refractivity contribution in [3.8, 4) is 11.5 Å². The third-order valence-corrected chi connectivity index (χ3v) is 4.57. The van der Waals surface area contributed by atoms with Gasteiger partial charge in [-0.05, 0) is 18.2 Å². The lowest BCUT2D eigenvalue weighted by molar-refractivity contribution is -0.130. The fourth-order valence-corrected chi connectivity index (χ4v) is 3.03.